The number of aromatic nitrogens is 1. The van der Waals surface area contributed by atoms with E-state index in [0.717, 1.165) is 11.1 Å². The zero-order valence-electron chi connectivity index (χ0n) is 13.8. The molecular weight excluding hydrogens is 348 g/mol. The van der Waals surface area contributed by atoms with E-state index in [1.54, 1.807) is 18.2 Å². The summed E-state index contributed by atoms with van der Waals surface area (Å²) in [4.78, 5) is 16.7. The van der Waals surface area contributed by atoms with Crippen LogP contribution >= 0.6 is 11.6 Å². The number of oxazole rings is 1. The highest BCUT2D eigenvalue weighted by atomic mass is 35.5. The first-order valence-corrected chi connectivity index (χ1v) is 8.55. The minimum absolute atomic E-state index is 0.0716. The number of halogens is 1. The minimum Gasteiger partial charge on any atom is -0.436 e. The number of amides is 1. The maximum absolute atomic E-state index is 12.2. The number of rotatable bonds is 4. The van der Waals surface area contributed by atoms with Crippen LogP contribution in [0.3, 0.4) is 0 Å². The third-order valence-corrected chi connectivity index (χ3v) is 4.19. The fourth-order valence-electron chi connectivity index (χ4n) is 2.74. The summed E-state index contributed by atoms with van der Waals surface area (Å²) in [5.74, 6) is 0.416. The van der Waals surface area contributed by atoms with Gasteiger partial charge in [0.15, 0.2) is 5.58 Å². The topological polar surface area (TPSA) is 55.1 Å². The summed E-state index contributed by atoms with van der Waals surface area (Å²) in [7, 11) is 0. The van der Waals surface area contributed by atoms with Crippen LogP contribution in [0.4, 0.5) is 5.69 Å². The molecule has 4 aromatic rings. The van der Waals surface area contributed by atoms with Gasteiger partial charge < -0.3 is 9.73 Å². The van der Waals surface area contributed by atoms with Gasteiger partial charge in [0.2, 0.25) is 11.8 Å². The highest BCUT2D eigenvalue weighted by Crippen LogP contribution is 2.27. The fraction of sp³-hybridized carbons (Fsp3) is 0.0476. The Labute approximate surface area is 155 Å². The van der Waals surface area contributed by atoms with E-state index in [2.05, 4.69) is 10.3 Å². The molecule has 5 heteroatoms. The van der Waals surface area contributed by atoms with Gasteiger partial charge >= 0.3 is 0 Å². The second-order valence-electron chi connectivity index (χ2n) is 5.92. The van der Waals surface area contributed by atoms with Gasteiger partial charge in [0.1, 0.15) is 5.52 Å². The van der Waals surface area contributed by atoms with Gasteiger partial charge in [0, 0.05) is 16.3 Å². The maximum atomic E-state index is 12.2. The molecule has 0 atom stereocenters. The van der Waals surface area contributed by atoms with Gasteiger partial charge in [-0.25, -0.2) is 4.98 Å². The summed E-state index contributed by atoms with van der Waals surface area (Å²) < 4.78 is 5.78. The largest absolute Gasteiger partial charge is 0.436 e. The van der Waals surface area contributed by atoms with Crippen LogP contribution in [0, 0.1) is 0 Å². The normalized spacial score (nSPS) is 10.8. The summed E-state index contributed by atoms with van der Waals surface area (Å²) in [6.45, 7) is 0. The van der Waals surface area contributed by atoms with E-state index in [1.165, 1.54) is 0 Å². The first-order chi connectivity index (χ1) is 12.7. The molecule has 1 amide bonds. The Bertz CT molecular complexity index is 1070. The van der Waals surface area contributed by atoms with Crippen molar-refractivity contribution in [2.24, 2.45) is 0 Å². The minimum atomic E-state index is -0.0716. The first kappa shape index (κ1) is 16.4. The Morgan fingerprint density at radius 1 is 1.00 bits per heavy atom. The van der Waals surface area contributed by atoms with Gasteiger partial charge in [-0.05, 0) is 42.0 Å². The van der Waals surface area contributed by atoms with Crippen LogP contribution in [-0.4, -0.2) is 10.9 Å². The highest BCUT2D eigenvalue weighted by molar-refractivity contribution is 6.31. The number of hydrogen-bond donors (Lipinski definition) is 1. The smallest absolute Gasteiger partial charge is 0.228 e. The molecular formula is C21H15ClN2O2. The molecule has 3 aromatic carbocycles. The fourth-order valence-corrected chi connectivity index (χ4v) is 2.91. The summed E-state index contributed by atoms with van der Waals surface area (Å²) in [6, 6.07) is 22.4. The van der Waals surface area contributed by atoms with Crippen LogP contribution in [0.1, 0.15) is 5.56 Å². The molecule has 0 aliphatic heterocycles. The Kier molecular flexibility index (Phi) is 4.42. The van der Waals surface area contributed by atoms with E-state index < -0.39 is 0 Å². The van der Waals surface area contributed by atoms with Gasteiger partial charge in [0.05, 0.1) is 6.42 Å². The molecule has 4 nitrogen and oxygen atoms in total. The van der Waals surface area contributed by atoms with Crippen molar-refractivity contribution in [1.29, 1.82) is 0 Å². The van der Waals surface area contributed by atoms with Gasteiger partial charge in [-0.1, -0.05) is 48.0 Å². The number of carbonyl (C=O) groups excluding carboxylic acids is 1. The zero-order chi connectivity index (χ0) is 17.9. The molecule has 0 fully saturated rings. The number of hydrogen-bond acceptors (Lipinski definition) is 3. The van der Waals surface area contributed by atoms with Crippen molar-refractivity contribution in [3.05, 3.63) is 83.4 Å². The number of fused-ring (bicyclic) bond motifs is 1. The molecule has 1 aromatic heterocycles. The van der Waals surface area contributed by atoms with Crippen molar-refractivity contribution in [1.82, 2.24) is 4.98 Å². The molecule has 128 valence electrons. The van der Waals surface area contributed by atoms with Crippen LogP contribution in [-0.2, 0) is 11.2 Å². The van der Waals surface area contributed by atoms with Gasteiger partial charge in [-0.15, -0.1) is 0 Å². The predicted molar refractivity (Wildman–Crippen MR) is 103 cm³/mol. The van der Waals surface area contributed by atoms with Crippen LogP contribution in [0.15, 0.2) is 77.2 Å². The number of carbonyl (C=O) groups is 1. The van der Waals surface area contributed by atoms with E-state index in [-0.39, 0.29) is 5.91 Å². The van der Waals surface area contributed by atoms with E-state index >= 15 is 0 Å². The van der Waals surface area contributed by atoms with Crippen molar-refractivity contribution in [3.8, 4) is 11.5 Å². The SMILES string of the molecule is O=C(Cc1ccccc1)Nc1cccc(-c2nc3cc(Cl)ccc3o2)c1. The van der Waals surface area contributed by atoms with Crippen molar-refractivity contribution < 1.29 is 9.21 Å². The molecule has 0 aliphatic carbocycles. The number of benzene rings is 3. The van der Waals surface area contributed by atoms with Crippen LogP contribution < -0.4 is 5.32 Å². The Hall–Kier alpha value is -3.11. The van der Waals surface area contributed by atoms with E-state index in [0.29, 0.717) is 34.1 Å². The monoisotopic (exact) mass is 362 g/mol. The Morgan fingerprint density at radius 3 is 2.69 bits per heavy atom. The molecule has 0 radical (unpaired) electrons. The molecule has 0 unspecified atom stereocenters. The summed E-state index contributed by atoms with van der Waals surface area (Å²) in [5, 5.41) is 3.52. The third kappa shape index (κ3) is 3.60. The molecule has 0 aliphatic rings. The summed E-state index contributed by atoms with van der Waals surface area (Å²) >= 11 is 5.99. The second kappa shape index (κ2) is 7.02. The number of nitrogens with one attached hydrogen (secondary N) is 1. The maximum Gasteiger partial charge on any atom is 0.228 e. The summed E-state index contributed by atoms with van der Waals surface area (Å²) in [6.07, 6.45) is 0.326. The number of nitrogens with zero attached hydrogens (tertiary/aromatic N) is 1. The average molecular weight is 363 g/mol. The van der Waals surface area contributed by atoms with Crippen molar-refractivity contribution in [2.75, 3.05) is 5.32 Å². The molecule has 0 saturated heterocycles. The van der Waals surface area contributed by atoms with Gasteiger partial charge in [-0.2, -0.15) is 0 Å². The molecule has 4 rings (SSSR count). The highest BCUT2D eigenvalue weighted by Gasteiger charge is 2.10. The lowest BCUT2D eigenvalue weighted by Crippen LogP contribution is -2.14. The zero-order valence-corrected chi connectivity index (χ0v) is 14.5. The van der Waals surface area contributed by atoms with E-state index in [9.17, 15) is 4.79 Å². The molecule has 1 N–H and O–H groups in total. The second-order valence-corrected chi connectivity index (χ2v) is 6.36. The third-order valence-electron chi connectivity index (χ3n) is 3.95. The molecule has 0 spiro atoms. The Balaban J connectivity index is 1.55. The predicted octanol–water partition coefficient (Wildman–Crippen LogP) is 5.33. The lowest BCUT2D eigenvalue weighted by Gasteiger charge is -2.06. The number of anilines is 1. The average Bonchev–Trinajstić information content (AvgIpc) is 3.06. The van der Waals surface area contributed by atoms with Crippen LogP contribution in [0.5, 0.6) is 0 Å². The molecule has 0 saturated carbocycles. The standard InChI is InChI=1S/C21H15ClN2O2/c22-16-9-10-19-18(13-16)24-21(26-19)15-7-4-8-17(12-15)23-20(25)11-14-5-2-1-3-6-14/h1-10,12-13H,11H2,(H,23,25). The quantitative estimate of drug-likeness (QED) is 0.534. The molecule has 0 bridgehead atoms. The van der Waals surface area contributed by atoms with Gasteiger partial charge in [-0.3, -0.25) is 4.79 Å². The van der Waals surface area contributed by atoms with E-state index in [1.807, 2.05) is 54.6 Å². The lowest BCUT2D eigenvalue weighted by molar-refractivity contribution is -0.115. The Morgan fingerprint density at radius 2 is 1.85 bits per heavy atom. The molecule has 1 heterocycles. The van der Waals surface area contributed by atoms with Crippen molar-refractivity contribution in [2.45, 2.75) is 6.42 Å². The van der Waals surface area contributed by atoms with E-state index in [4.69, 9.17) is 16.0 Å². The van der Waals surface area contributed by atoms with Crippen molar-refractivity contribution in [3.63, 3.8) is 0 Å². The van der Waals surface area contributed by atoms with Crippen LogP contribution in [0.2, 0.25) is 5.02 Å². The van der Waals surface area contributed by atoms with Gasteiger partial charge in [0.25, 0.3) is 0 Å². The first-order valence-electron chi connectivity index (χ1n) is 8.18. The summed E-state index contributed by atoms with van der Waals surface area (Å²) in [5.41, 5.74) is 3.82. The van der Waals surface area contributed by atoms with Crippen molar-refractivity contribution >= 4 is 34.3 Å². The lowest BCUT2D eigenvalue weighted by atomic mass is 10.1. The molecule has 26 heavy (non-hydrogen) atoms. The van der Waals surface area contributed by atoms with Crippen LogP contribution in [0.25, 0.3) is 22.6 Å².